The van der Waals surface area contributed by atoms with Gasteiger partial charge in [-0.1, -0.05) is 30.3 Å². The number of amides is 1. The lowest BCUT2D eigenvalue weighted by molar-refractivity contribution is -0.123. The van der Waals surface area contributed by atoms with E-state index in [0.29, 0.717) is 36.6 Å². The quantitative estimate of drug-likeness (QED) is 0.611. The summed E-state index contributed by atoms with van der Waals surface area (Å²) in [5.41, 5.74) is 3.26. The van der Waals surface area contributed by atoms with Crippen LogP contribution in [-0.4, -0.2) is 29.6 Å². The minimum Gasteiger partial charge on any atom is -0.467 e. The van der Waals surface area contributed by atoms with Crippen molar-refractivity contribution in [2.45, 2.75) is 38.9 Å². The lowest BCUT2D eigenvalue weighted by Gasteiger charge is -2.33. The fourth-order valence-corrected chi connectivity index (χ4v) is 3.76. The Morgan fingerprint density at radius 3 is 2.75 bits per heavy atom. The van der Waals surface area contributed by atoms with E-state index in [-0.39, 0.29) is 18.4 Å². The van der Waals surface area contributed by atoms with E-state index in [1.54, 1.807) is 18.4 Å². The molecule has 3 aromatic rings. The SMILES string of the molecule is CC1(C)Cc2c(C#N)c(OCC(=O)NCCc3ccccc3)nc(-c3ccco3)c2CO1. The normalized spacial score (nSPS) is 14.3. The number of nitrogens with one attached hydrogen (secondary N) is 1. The predicted molar refractivity (Wildman–Crippen MR) is 118 cm³/mol. The summed E-state index contributed by atoms with van der Waals surface area (Å²) < 4.78 is 17.2. The van der Waals surface area contributed by atoms with Crippen molar-refractivity contribution >= 4 is 5.91 Å². The van der Waals surface area contributed by atoms with Gasteiger partial charge in [-0.3, -0.25) is 4.79 Å². The van der Waals surface area contributed by atoms with Crippen LogP contribution >= 0.6 is 0 Å². The van der Waals surface area contributed by atoms with Crippen molar-refractivity contribution in [1.29, 1.82) is 5.26 Å². The second-order valence-electron chi connectivity index (χ2n) is 8.29. The molecule has 3 heterocycles. The van der Waals surface area contributed by atoms with Gasteiger partial charge in [-0.15, -0.1) is 0 Å². The van der Waals surface area contributed by atoms with Crippen LogP contribution in [-0.2, 0) is 29.0 Å². The van der Waals surface area contributed by atoms with E-state index >= 15 is 0 Å². The number of aromatic nitrogens is 1. The number of benzene rings is 1. The van der Waals surface area contributed by atoms with Gasteiger partial charge in [-0.25, -0.2) is 4.98 Å². The number of hydrogen-bond acceptors (Lipinski definition) is 6. The number of fused-ring (bicyclic) bond motifs is 1. The van der Waals surface area contributed by atoms with Crippen molar-refractivity contribution in [2.24, 2.45) is 0 Å². The summed E-state index contributed by atoms with van der Waals surface area (Å²) in [7, 11) is 0. The van der Waals surface area contributed by atoms with Crippen molar-refractivity contribution < 1.29 is 18.7 Å². The standard InChI is InChI=1S/C25H25N3O4/c1-25(2)13-18-19(14-26)24(28-23(20(18)15-32-25)21-9-6-12-30-21)31-16-22(29)27-11-10-17-7-4-3-5-8-17/h3-9,12H,10-11,13,15-16H2,1-2H3,(H,27,29). The Hall–Kier alpha value is -3.63. The molecule has 1 aliphatic heterocycles. The molecule has 1 aromatic carbocycles. The second-order valence-corrected chi connectivity index (χ2v) is 8.29. The molecule has 1 N–H and O–H groups in total. The summed E-state index contributed by atoms with van der Waals surface area (Å²) in [6.07, 6.45) is 2.82. The van der Waals surface area contributed by atoms with Crippen LogP contribution in [0.1, 0.15) is 36.1 Å². The summed E-state index contributed by atoms with van der Waals surface area (Å²) in [6.45, 7) is 4.54. The average molecular weight is 431 g/mol. The molecule has 1 aliphatic rings. The molecule has 0 bridgehead atoms. The molecule has 0 saturated heterocycles. The van der Waals surface area contributed by atoms with Gasteiger partial charge in [0.25, 0.3) is 5.91 Å². The van der Waals surface area contributed by atoms with E-state index in [9.17, 15) is 10.1 Å². The maximum atomic E-state index is 12.3. The number of pyridine rings is 1. The zero-order chi connectivity index (χ0) is 22.6. The van der Waals surface area contributed by atoms with Crippen LogP contribution in [0.25, 0.3) is 11.5 Å². The topological polar surface area (TPSA) is 97.4 Å². The van der Waals surface area contributed by atoms with Crippen LogP contribution in [0.2, 0.25) is 0 Å². The van der Waals surface area contributed by atoms with Crippen molar-refractivity contribution in [3.8, 4) is 23.4 Å². The van der Waals surface area contributed by atoms with Crippen LogP contribution in [0.3, 0.4) is 0 Å². The number of nitrogens with zero attached hydrogens (tertiary/aromatic N) is 2. The molecule has 32 heavy (non-hydrogen) atoms. The zero-order valence-electron chi connectivity index (χ0n) is 18.2. The Balaban J connectivity index is 1.52. The molecule has 0 radical (unpaired) electrons. The Labute approximate surface area is 187 Å². The van der Waals surface area contributed by atoms with Crippen molar-refractivity contribution in [3.05, 3.63) is 71.0 Å². The highest BCUT2D eigenvalue weighted by Gasteiger charge is 2.33. The van der Waals surface area contributed by atoms with E-state index in [1.807, 2.05) is 44.2 Å². The number of nitriles is 1. The maximum Gasteiger partial charge on any atom is 0.258 e. The fraction of sp³-hybridized carbons (Fsp3) is 0.320. The predicted octanol–water partition coefficient (Wildman–Crippen LogP) is 3.80. The Bertz CT molecular complexity index is 1130. The number of furan rings is 1. The largest absolute Gasteiger partial charge is 0.467 e. The average Bonchev–Trinajstić information content (AvgIpc) is 3.31. The van der Waals surface area contributed by atoms with E-state index in [0.717, 1.165) is 23.1 Å². The fourth-order valence-electron chi connectivity index (χ4n) is 3.76. The van der Waals surface area contributed by atoms with Crippen LogP contribution in [0, 0.1) is 11.3 Å². The first-order valence-corrected chi connectivity index (χ1v) is 10.5. The second kappa shape index (κ2) is 9.25. The van der Waals surface area contributed by atoms with Gasteiger partial charge in [0, 0.05) is 18.5 Å². The third kappa shape index (κ3) is 4.82. The lowest BCUT2D eigenvalue weighted by Crippen LogP contribution is -2.33. The summed E-state index contributed by atoms with van der Waals surface area (Å²) in [6, 6.07) is 15.7. The molecule has 7 nitrogen and oxygen atoms in total. The molecular weight excluding hydrogens is 406 g/mol. The van der Waals surface area contributed by atoms with Gasteiger partial charge >= 0.3 is 0 Å². The first kappa shape index (κ1) is 21.6. The number of hydrogen-bond donors (Lipinski definition) is 1. The number of rotatable bonds is 7. The monoisotopic (exact) mass is 431 g/mol. The Kier molecular flexibility index (Phi) is 6.24. The van der Waals surface area contributed by atoms with Gasteiger partial charge < -0.3 is 19.2 Å². The van der Waals surface area contributed by atoms with Gasteiger partial charge in [0.05, 0.1) is 18.5 Å². The van der Waals surface area contributed by atoms with Gasteiger partial charge in [0.15, 0.2) is 12.4 Å². The van der Waals surface area contributed by atoms with Crippen molar-refractivity contribution in [1.82, 2.24) is 10.3 Å². The highest BCUT2D eigenvalue weighted by Crippen LogP contribution is 2.38. The third-order valence-corrected chi connectivity index (χ3v) is 5.37. The van der Waals surface area contributed by atoms with Gasteiger partial charge in [0.2, 0.25) is 5.88 Å². The molecule has 164 valence electrons. The van der Waals surface area contributed by atoms with Gasteiger partial charge in [-0.05, 0) is 43.5 Å². The van der Waals surface area contributed by atoms with Crippen molar-refractivity contribution in [3.63, 3.8) is 0 Å². The first-order valence-electron chi connectivity index (χ1n) is 10.5. The molecule has 1 amide bonds. The van der Waals surface area contributed by atoms with Crippen LogP contribution in [0.4, 0.5) is 0 Å². The summed E-state index contributed by atoms with van der Waals surface area (Å²) in [5.74, 6) is 0.423. The van der Waals surface area contributed by atoms with Gasteiger partial charge in [0.1, 0.15) is 17.3 Å². The molecule has 0 unspecified atom stereocenters. The number of carbonyl (C=O) groups excluding carboxylic acids is 1. The van der Waals surface area contributed by atoms with Crippen molar-refractivity contribution in [2.75, 3.05) is 13.2 Å². The maximum absolute atomic E-state index is 12.3. The molecule has 7 heteroatoms. The number of carbonyl (C=O) groups is 1. The molecule has 2 aromatic heterocycles. The minimum absolute atomic E-state index is 0.133. The van der Waals surface area contributed by atoms with Gasteiger partial charge in [-0.2, -0.15) is 5.26 Å². The zero-order valence-corrected chi connectivity index (χ0v) is 18.2. The summed E-state index contributed by atoms with van der Waals surface area (Å²) in [4.78, 5) is 16.9. The van der Waals surface area contributed by atoms with Crippen LogP contribution < -0.4 is 10.1 Å². The number of ether oxygens (including phenoxy) is 2. The molecule has 0 aliphatic carbocycles. The molecule has 0 saturated carbocycles. The van der Waals surface area contributed by atoms with E-state index in [4.69, 9.17) is 13.9 Å². The molecular formula is C25H25N3O4. The van der Waals surface area contributed by atoms with E-state index in [2.05, 4.69) is 16.4 Å². The van der Waals surface area contributed by atoms with E-state index < -0.39 is 5.60 Å². The van der Waals surface area contributed by atoms with Crippen LogP contribution in [0.5, 0.6) is 5.88 Å². The lowest BCUT2D eigenvalue weighted by atomic mass is 9.88. The molecule has 0 fully saturated rings. The molecule has 0 spiro atoms. The third-order valence-electron chi connectivity index (χ3n) is 5.37. The molecule has 0 atom stereocenters. The Morgan fingerprint density at radius 1 is 1.22 bits per heavy atom. The highest BCUT2D eigenvalue weighted by atomic mass is 16.5. The Morgan fingerprint density at radius 2 is 2.03 bits per heavy atom. The molecule has 4 rings (SSSR count). The first-order chi connectivity index (χ1) is 15.5. The minimum atomic E-state index is -0.424. The summed E-state index contributed by atoms with van der Waals surface area (Å²) >= 11 is 0. The summed E-state index contributed by atoms with van der Waals surface area (Å²) in [5, 5.41) is 12.7. The smallest absolute Gasteiger partial charge is 0.258 e. The highest BCUT2D eigenvalue weighted by molar-refractivity contribution is 5.77. The van der Waals surface area contributed by atoms with Crippen LogP contribution in [0.15, 0.2) is 53.1 Å². The van der Waals surface area contributed by atoms with E-state index in [1.165, 1.54) is 0 Å².